The molecule has 6 nitrogen and oxygen atoms in total. The minimum Gasteiger partial charge on any atom is -0.483 e. The lowest BCUT2D eigenvalue weighted by Crippen LogP contribution is -2.46. The van der Waals surface area contributed by atoms with Crippen LogP contribution < -0.4 is 5.32 Å². The minimum atomic E-state index is -0.507. The molecule has 0 amide bonds. The molecule has 1 atom stereocenters. The number of fused-ring (bicyclic) bond motifs is 1. The maximum Gasteiger partial charge on any atom is 0.290 e. The van der Waals surface area contributed by atoms with Gasteiger partial charge >= 0.3 is 0 Å². The number of nitrogens with one attached hydrogen (secondary N) is 1. The van der Waals surface area contributed by atoms with Crippen molar-refractivity contribution in [2.75, 3.05) is 27.2 Å². The number of likely N-dealkylation sites (N-methyl/N-ethyl adjacent to an activating group) is 1. The van der Waals surface area contributed by atoms with E-state index in [1.54, 1.807) is 18.0 Å². The van der Waals surface area contributed by atoms with E-state index in [4.69, 9.17) is 15.0 Å². The van der Waals surface area contributed by atoms with Gasteiger partial charge in [0.2, 0.25) is 0 Å². The van der Waals surface area contributed by atoms with Crippen molar-refractivity contribution in [2.24, 2.45) is 0 Å². The van der Waals surface area contributed by atoms with Crippen LogP contribution in [0.3, 0.4) is 0 Å². The molecule has 1 unspecified atom stereocenters. The van der Waals surface area contributed by atoms with Gasteiger partial charge in [-0.25, -0.2) is 8.70 Å². The van der Waals surface area contributed by atoms with Gasteiger partial charge in [0, 0.05) is 30.6 Å². The lowest BCUT2D eigenvalue weighted by atomic mass is 9.93. The van der Waals surface area contributed by atoms with Gasteiger partial charge in [-0.15, -0.1) is 0 Å². The summed E-state index contributed by atoms with van der Waals surface area (Å²) in [6.07, 6.45) is 0.369. The van der Waals surface area contributed by atoms with Gasteiger partial charge in [-0.1, -0.05) is 60.7 Å². The number of hydrogen-bond donors (Lipinski definition) is 4. The second-order valence-electron chi connectivity index (χ2n) is 10.3. The van der Waals surface area contributed by atoms with E-state index >= 15 is 0 Å². The number of nitrogens with zero attached hydrogens (tertiary/aromatic N) is 1. The summed E-state index contributed by atoms with van der Waals surface area (Å²) < 4.78 is 15.9. The molecule has 0 fully saturated rings. The van der Waals surface area contributed by atoms with Crippen LogP contribution in [0.4, 0.5) is 4.39 Å². The van der Waals surface area contributed by atoms with Crippen molar-refractivity contribution in [1.82, 2.24) is 9.62 Å². The fourth-order valence-electron chi connectivity index (χ4n) is 4.53. The van der Waals surface area contributed by atoms with Gasteiger partial charge < -0.3 is 20.6 Å². The van der Waals surface area contributed by atoms with Crippen molar-refractivity contribution < 1.29 is 24.5 Å². The zero-order valence-corrected chi connectivity index (χ0v) is 25.2. The molecule has 0 aliphatic rings. The molecule has 41 heavy (non-hydrogen) atoms. The summed E-state index contributed by atoms with van der Waals surface area (Å²) in [5, 5.41) is 30.6. The molecule has 0 saturated carbocycles. The highest BCUT2D eigenvalue weighted by Crippen LogP contribution is 2.28. The zero-order valence-electron chi connectivity index (χ0n) is 24.3. The average molecular weight is 581 g/mol. The first kappa shape index (κ1) is 33.9. The van der Waals surface area contributed by atoms with Gasteiger partial charge in [-0.05, 0) is 103 Å². The van der Waals surface area contributed by atoms with E-state index in [-0.39, 0.29) is 17.8 Å². The minimum absolute atomic E-state index is 0.146. The molecular formula is C33H41FN2O4S. The molecular weight excluding hydrogens is 539 g/mol. The number of halogens is 1. The molecule has 0 aromatic heterocycles. The molecule has 4 N–H and O–H groups in total. The maximum absolute atomic E-state index is 13.9. The molecule has 0 bridgehead atoms. The Morgan fingerprint density at radius 3 is 2.32 bits per heavy atom. The monoisotopic (exact) mass is 580 g/mol. The van der Waals surface area contributed by atoms with Crippen LogP contribution in [0.15, 0.2) is 89.8 Å². The highest BCUT2D eigenvalue weighted by Gasteiger charge is 2.20. The predicted octanol–water partition coefficient (Wildman–Crippen LogP) is 6.17. The number of rotatable bonds is 10. The summed E-state index contributed by atoms with van der Waals surface area (Å²) in [6, 6.07) is 28.2. The molecule has 0 aliphatic heterocycles. The Balaban J connectivity index is 0.00000110. The summed E-state index contributed by atoms with van der Waals surface area (Å²) in [5.41, 5.74) is 3.89. The normalized spacial score (nSPS) is 11.7. The van der Waals surface area contributed by atoms with E-state index in [1.165, 1.54) is 22.4 Å². The average Bonchev–Trinajstić information content (AvgIpc) is 2.93. The fourth-order valence-corrected chi connectivity index (χ4v) is 5.46. The summed E-state index contributed by atoms with van der Waals surface area (Å²) in [7, 11) is 2.98. The summed E-state index contributed by atoms with van der Waals surface area (Å²) in [5.74, 6) is -0.223. The molecule has 8 heteroatoms. The largest absolute Gasteiger partial charge is 0.483 e. The third-order valence-electron chi connectivity index (χ3n) is 6.21. The van der Waals surface area contributed by atoms with E-state index < -0.39 is 6.10 Å². The second kappa shape index (κ2) is 16.9. The molecule has 0 spiro atoms. The predicted molar refractivity (Wildman–Crippen MR) is 168 cm³/mol. The topological polar surface area (TPSA) is 93.0 Å². The standard InChI is InChI=1S/C31H35FN2OS.CH2O2.CH4O/c1-22-14-27(17-28(32)15-22)26-10-7-11-30(18-26)36-34(4)21-29(35)20-33-31(2,3)19-23-12-13-24-8-5-6-9-25(24)16-23;2-1-3;1-2/h5-18,29,33,35H,19-21H2,1-4H3;1H,(H,2,3);2H,1H3. The smallest absolute Gasteiger partial charge is 0.290 e. The number of hydrogen-bond acceptors (Lipinski definition) is 6. The summed E-state index contributed by atoms with van der Waals surface area (Å²) in [6.45, 7) is 7.03. The quantitative estimate of drug-likeness (QED) is 0.132. The number of aliphatic hydroxyl groups excluding tert-OH is 2. The Morgan fingerprint density at radius 2 is 1.63 bits per heavy atom. The van der Waals surface area contributed by atoms with Crippen LogP contribution in [0.5, 0.6) is 0 Å². The Kier molecular flexibility index (Phi) is 14.0. The molecule has 4 aromatic carbocycles. The van der Waals surface area contributed by atoms with E-state index in [9.17, 15) is 9.50 Å². The van der Waals surface area contributed by atoms with Gasteiger partial charge in [-0.2, -0.15) is 0 Å². The van der Waals surface area contributed by atoms with Crippen molar-refractivity contribution in [1.29, 1.82) is 0 Å². The highest BCUT2D eigenvalue weighted by atomic mass is 32.2. The second-order valence-corrected chi connectivity index (χ2v) is 11.6. The SMILES string of the molecule is CO.Cc1cc(F)cc(-c2cccc(SN(C)CC(O)CNC(C)(C)Cc3ccc4ccccc4c3)c2)c1.O=CO. The van der Waals surface area contributed by atoms with Crippen molar-refractivity contribution in [2.45, 2.75) is 43.7 Å². The number of aliphatic hydroxyl groups is 2. The van der Waals surface area contributed by atoms with Crippen LogP contribution >= 0.6 is 11.9 Å². The van der Waals surface area contributed by atoms with Crippen molar-refractivity contribution in [3.05, 3.63) is 102 Å². The van der Waals surface area contributed by atoms with Gasteiger partial charge in [0.05, 0.1) is 6.10 Å². The van der Waals surface area contributed by atoms with Crippen LogP contribution in [0.25, 0.3) is 21.9 Å². The Labute approximate surface area is 247 Å². The molecule has 4 rings (SSSR count). The number of aryl methyl sites for hydroxylation is 1. The van der Waals surface area contributed by atoms with Gasteiger partial charge in [-0.3, -0.25) is 4.79 Å². The van der Waals surface area contributed by atoms with Crippen LogP contribution in [0, 0.1) is 12.7 Å². The molecule has 0 heterocycles. The first-order valence-electron chi connectivity index (χ1n) is 13.3. The lowest BCUT2D eigenvalue weighted by Gasteiger charge is -2.29. The molecule has 220 valence electrons. The van der Waals surface area contributed by atoms with E-state index in [1.807, 2.05) is 42.5 Å². The van der Waals surface area contributed by atoms with Gasteiger partial charge in [0.15, 0.2) is 0 Å². The van der Waals surface area contributed by atoms with E-state index in [0.29, 0.717) is 13.1 Å². The van der Waals surface area contributed by atoms with Crippen LogP contribution in [-0.4, -0.2) is 65.0 Å². The lowest BCUT2D eigenvalue weighted by molar-refractivity contribution is -0.122. The number of β-amino-alcohol motifs (C(OH)–C–C–N with tert-alkyl or cyclic N) is 1. The maximum atomic E-state index is 13.9. The van der Waals surface area contributed by atoms with Gasteiger partial charge in [0.1, 0.15) is 5.82 Å². The van der Waals surface area contributed by atoms with Crippen molar-refractivity contribution in [3.63, 3.8) is 0 Å². The number of benzene rings is 4. The van der Waals surface area contributed by atoms with Crippen LogP contribution in [0.2, 0.25) is 0 Å². The van der Waals surface area contributed by atoms with Crippen LogP contribution in [-0.2, 0) is 11.2 Å². The molecule has 0 saturated heterocycles. The Bertz CT molecular complexity index is 1360. The molecule has 0 aliphatic carbocycles. The summed E-state index contributed by atoms with van der Waals surface area (Å²) in [4.78, 5) is 9.41. The van der Waals surface area contributed by atoms with Crippen molar-refractivity contribution in [3.8, 4) is 11.1 Å². The number of carboxylic acid groups (broad SMARTS) is 1. The molecule has 0 radical (unpaired) electrons. The first-order chi connectivity index (χ1) is 19.6. The highest BCUT2D eigenvalue weighted by molar-refractivity contribution is 7.97. The van der Waals surface area contributed by atoms with Crippen LogP contribution in [0.1, 0.15) is 25.0 Å². The fraction of sp³-hybridized carbons (Fsp3) is 0.303. The van der Waals surface area contributed by atoms with E-state index in [2.05, 4.69) is 67.7 Å². The van der Waals surface area contributed by atoms with Gasteiger partial charge in [0.25, 0.3) is 6.47 Å². The Hall–Kier alpha value is -3.27. The molecule has 4 aromatic rings. The third-order valence-corrected chi connectivity index (χ3v) is 7.14. The Morgan fingerprint density at radius 1 is 0.951 bits per heavy atom. The first-order valence-corrected chi connectivity index (χ1v) is 14.1. The third kappa shape index (κ3) is 11.6. The number of carbonyl (C=O) groups is 1. The van der Waals surface area contributed by atoms with E-state index in [0.717, 1.165) is 35.1 Å². The zero-order chi connectivity index (χ0) is 30.4. The summed E-state index contributed by atoms with van der Waals surface area (Å²) >= 11 is 1.58. The van der Waals surface area contributed by atoms with Crippen molar-refractivity contribution >= 4 is 29.2 Å².